The molecule has 0 bridgehead atoms. The number of nitrogens with zero attached hydrogens (tertiary/aromatic N) is 1. The molecular weight excluding hydrogens is 255 g/mol. The van der Waals surface area contributed by atoms with Crippen LogP contribution in [0.25, 0.3) is 0 Å². The van der Waals surface area contributed by atoms with Gasteiger partial charge in [0.1, 0.15) is 5.82 Å². The van der Waals surface area contributed by atoms with Gasteiger partial charge in [-0.25, -0.2) is 4.39 Å². The van der Waals surface area contributed by atoms with Gasteiger partial charge in [0.05, 0.1) is 5.41 Å². The van der Waals surface area contributed by atoms with E-state index in [1.807, 2.05) is 6.92 Å². The summed E-state index contributed by atoms with van der Waals surface area (Å²) in [6, 6.07) is 6.09. The molecule has 1 amide bonds. The molecule has 1 aliphatic carbocycles. The maximum atomic E-state index is 13.0. The molecular formula is C16H23FN2O. The van der Waals surface area contributed by atoms with Gasteiger partial charge in [0, 0.05) is 18.8 Å². The Hall–Kier alpha value is -1.42. The largest absolute Gasteiger partial charge is 0.329 e. The lowest BCUT2D eigenvalue weighted by molar-refractivity contribution is -0.129. The van der Waals surface area contributed by atoms with Crippen LogP contribution in [0.4, 0.5) is 10.1 Å². The van der Waals surface area contributed by atoms with Gasteiger partial charge in [0.15, 0.2) is 0 Å². The lowest BCUT2D eigenvalue weighted by Gasteiger charge is -2.38. The number of benzene rings is 1. The molecule has 0 aliphatic heterocycles. The van der Waals surface area contributed by atoms with Crippen molar-refractivity contribution in [3.8, 4) is 0 Å². The Kier molecular flexibility index (Phi) is 4.76. The smallest absolute Gasteiger partial charge is 0.234 e. The molecule has 0 aromatic heterocycles. The monoisotopic (exact) mass is 278 g/mol. The number of halogens is 1. The van der Waals surface area contributed by atoms with Gasteiger partial charge in [-0.15, -0.1) is 0 Å². The fourth-order valence-electron chi connectivity index (χ4n) is 3.08. The van der Waals surface area contributed by atoms with Gasteiger partial charge >= 0.3 is 0 Å². The van der Waals surface area contributed by atoms with Crippen LogP contribution in [-0.4, -0.2) is 19.0 Å². The Morgan fingerprint density at radius 1 is 1.25 bits per heavy atom. The Morgan fingerprint density at radius 2 is 1.85 bits per heavy atom. The molecule has 3 nitrogen and oxygen atoms in total. The van der Waals surface area contributed by atoms with Crippen LogP contribution in [0.1, 0.15) is 39.0 Å². The fourth-order valence-corrected chi connectivity index (χ4v) is 3.08. The molecule has 4 heteroatoms. The molecule has 1 aromatic carbocycles. The summed E-state index contributed by atoms with van der Waals surface area (Å²) in [5.74, 6) is -0.197. The Bertz CT molecular complexity index is 452. The topological polar surface area (TPSA) is 46.3 Å². The molecule has 1 fully saturated rings. The molecule has 0 saturated heterocycles. The molecule has 0 unspecified atom stereocenters. The van der Waals surface area contributed by atoms with E-state index in [1.165, 1.54) is 18.6 Å². The minimum absolute atomic E-state index is 0.0915. The van der Waals surface area contributed by atoms with Crippen molar-refractivity contribution < 1.29 is 9.18 Å². The van der Waals surface area contributed by atoms with Crippen molar-refractivity contribution in [2.24, 2.45) is 11.1 Å². The number of anilines is 1. The number of carbonyl (C=O) groups excluding carboxylic acids is 1. The molecule has 1 aromatic rings. The van der Waals surface area contributed by atoms with Crippen LogP contribution in [0.3, 0.4) is 0 Å². The molecule has 20 heavy (non-hydrogen) atoms. The second kappa shape index (κ2) is 6.35. The molecule has 2 rings (SSSR count). The van der Waals surface area contributed by atoms with Gasteiger partial charge in [0.25, 0.3) is 0 Å². The van der Waals surface area contributed by atoms with E-state index in [0.717, 1.165) is 31.4 Å². The molecule has 0 spiro atoms. The summed E-state index contributed by atoms with van der Waals surface area (Å²) in [7, 11) is 0. The summed E-state index contributed by atoms with van der Waals surface area (Å²) < 4.78 is 13.0. The number of rotatable bonds is 4. The average molecular weight is 278 g/mol. The molecule has 1 aliphatic rings. The Balaban J connectivity index is 2.25. The highest BCUT2D eigenvalue weighted by atomic mass is 19.1. The maximum Gasteiger partial charge on any atom is 0.234 e. The summed E-state index contributed by atoms with van der Waals surface area (Å²) >= 11 is 0. The summed E-state index contributed by atoms with van der Waals surface area (Å²) in [6.07, 6.45) is 5.02. The van der Waals surface area contributed by atoms with Crippen molar-refractivity contribution in [2.75, 3.05) is 18.0 Å². The molecule has 110 valence electrons. The van der Waals surface area contributed by atoms with Crippen molar-refractivity contribution in [3.05, 3.63) is 30.1 Å². The third kappa shape index (κ3) is 2.85. The van der Waals surface area contributed by atoms with Gasteiger partial charge < -0.3 is 10.6 Å². The van der Waals surface area contributed by atoms with Gasteiger partial charge in [-0.3, -0.25) is 4.79 Å². The lowest BCUT2D eigenvalue weighted by Crippen LogP contribution is -2.49. The Morgan fingerprint density at radius 3 is 2.35 bits per heavy atom. The van der Waals surface area contributed by atoms with Gasteiger partial charge in [-0.1, -0.05) is 19.3 Å². The van der Waals surface area contributed by atoms with E-state index in [-0.39, 0.29) is 11.7 Å². The number of hydrogen-bond acceptors (Lipinski definition) is 2. The van der Waals surface area contributed by atoms with Crippen LogP contribution in [0.15, 0.2) is 24.3 Å². The molecule has 0 atom stereocenters. The highest BCUT2D eigenvalue weighted by molar-refractivity contribution is 5.97. The summed E-state index contributed by atoms with van der Waals surface area (Å²) in [6.45, 7) is 2.91. The SMILES string of the molecule is CCN(C(=O)C1(CN)CCCCC1)c1ccc(F)cc1. The molecule has 0 heterocycles. The minimum atomic E-state index is -0.428. The zero-order chi connectivity index (χ0) is 14.6. The van der Waals surface area contributed by atoms with E-state index in [9.17, 15) is 9.18 Å². The molecule has 2 N–H and O–H groups in total. The standard InChI is InChI=1S/C16H23FN2O/c1-2-19(14-8-6-13(17)7-9-14)15(20)16(12-18)10-4-3-5-11-16/h6-9H,2-5,10-12,18H2,1H3. The number of hydrogen-bond donors (Lipinski definition) is 1. The second-order valence-electron chi connectivity index (χ2n) is 5.57. The van der Waals surface area contributed by atoms with Crippen LogP contribution in [0.2, 0.25) is 0 Å². The number of amides is 1. The van der Waals surface area contributed by atoms with E-state index in [1.54, 1.807) is 17.0 Å². The fraction of sp³-hybridized carbons (Fsp3) is 0.562. The first-order valence-electron chi connectivity index (χ1n) is 7.40. The van der Waals surface area contributed by atoms with Crippen molar-refractivity contribution in [2.45, 2.75) is 39.0 Å². The zero-order valence-electron chi connectivity index (χ0n) is 12.1. The van der Waals surface area contributed by atoms with Crippen LogP contribution in [0.5, 0.6) is 0 Å². The minimum Gasteiger partial charge on any atom is -0.329 e. The zero-order valence-corrected chi connectivity index (χ0v) is 12.1. The first-order chi connectivity index (χ1) is 9.63. The first kappa shape index (κ1) is 15.0. The average Bonchev–Trinajstić information content (AvgIpc) is 2.50. The lowest BCUT2D eigenvalue weighted by atomic mass is 9.73. The highest BCUT2D eigenvalue weighted by Crippen LogP contribution is 2.38. The van der Waals surface area contributed by atoms with Gasteiger partial charge in [-0.05, 0) is 44.0 Å². The van der Waals surface area contributed by atoms with Gasteiger partial charge in [-0.2, -0.15) is 0 Å². The normalized spacial score (nSPS) is 17.8. The van der Waals surface area contributed by atoms with E-state index in [2.05, 4.69) is 0 Å². The van der Waals surface area contributed by atoms with Crippen LogP contribution in [-0.2, 0) is 4.79 Å². The summed E-state index contributed by atoms with van der Waals surface area (Å²) in [5, 5.41) is 0. The highest BCUT2D eigenvalue weighted by Gasteiger charge is 2.40. The molecule has 0 radical (unpaired) electrons. The number of nitrogens with two attached hydrogens (primary N) is 1. The second-order valence-corrected chi connectivity index (χ2v) is 5.57. The van der Waals surface area contributed by atoms with Crippen molar-refractivity contribution in [1.82, 2.24) is 0 Å². The molecule has 1 saturated carbocycles. The van der Waals surface area contributed by atoms with Crippen LogP contribution < -0.4 is 10.6 Å². The maximum absolute atomic E-state index is 13.0. The summed E-state index contributed by atoms with van der Waals surface area (Å²) in [4.78, 5) is 14.7. The van der Waals surface area contributed by atoms with Crippen molar-refractivity contribution in [1.29, 1.82) is 0 Å². The van der Waals surface area contributed by atoms with Crippen molar-refractivity contribution >= 4 is 11.6 Å². The van der Waals surface area contributed by atoms with Gasteiger partial charge in [0.2, 0.25) is 5.91 Å². The van der Waals surface area contributed by atoms with Crippen molar-refractivity contribution in [3.63, 3.8) is 0 Å². The first-order valence-corrected chi connectivity index (χ1v) is 7.40. The van der Waals surface area contributed by atoms with Crippen LogP contribution in [0, 0.1) is 11.2 Å². The van der Waals surface area contributed by atoms with E-state index in [0.29, 0.717) is 13.1 Å². The third-order valence-corrected chi connectivity index (χ3v) is 4.35. The number of carbonyl (C=O) groups is 1. The van der Waals surface area contributed by atoms with E-state index < -0.39 is 5.41 Å². The predicted octanol–water partition coefficient (Wildman–Crippen LogP) is 3.09. The quantitative estimate of drug-likeness (QED) is 0.920. The van der Waals surface area contributed by atoms with E-state index in [4.69, 9.17) is 5.73 Å². The Labute approximate surface area is 120 Å². The van der Waals surface area contributed by atoms with E-state index >= 15 is 0 Å². The van der Waals surface area contributed by atoms with Crippen LogP contribution >= 0.6 is 0 Å². The predicted molar refractivity (Wildman–Crippen MR) is 79.0 cm³/mol. The summed E-state index contributed by atoms with van der Waals surface area (Å²) in [5.41, 5.74) is 6.25. The third-order valence-electron chi connectivity index (χ3n) is 4.35.